The number of aromatic nitrogens is 1. The van der Waals surface area contributed by atoms with Crippen LogP contribution in [0, 0.1) is 0 Å². The molecule has 0 saturated carbocycles. The molecule has 0 radical (unpaired) electrons. The van der Waals surface area contributed by atoms with E-state index in [-0.39, 0.29) is 12.5 Å². The molecule has 1 aromatic heterocycles. The molecule has 2 amide bonds. The monoisotopic (exact) mass is 301 g/mol. The van der Waals surface area contributed by atoms with Crippen LogP contribution in [0.2, 0.25) is 0 Å². The Morgan fingerprint density at radius 1 is 1.33 bits per heavy atom. The molecule has 112 valence electrons. The van der Waals surface area contributed by atoms with Gasteiger partial charge in [0.25, 0.3) is 0 Å². The van der Waals surface area contributed by atoms with E-state index in [1.165, 1.54) is 18.4 Å². The average molecular weight is 301 g/mol. The van der Waals surface area contributed by atoms with E-state index in [1.54, 1.807) is 0 Å². The minimum atomic E-state index is -4.39. The second-order valence-corrected chi connectivity index (χ2v) is 3.97. The Morgan fingerprint density at radius 2 is 2.00 bits per heavy atom. The van der Waals surface area contributed by atoms with Crippen molar-refractivity contribution in [1.82, 2.24) is 10.5 Å². The first-order valence-corrected chi connectivity index (χ1v) is 5.65. The van der Waals surface area contributed by atoms with Crippen molar-refractivity contribution in [3.05, 3.63) is 41.8 Å². The van der Waals surface area contributed by atoms with Gasteiger partial charge in [-0.2, -0.15) is 13.2 Å². The highest BCUT2D eigenvalue weighted by Gasteiger charge is 2.30. The van der Waals surface area contributed by atoms with Crippen LogP contribution >= 0.6 is 0 Å². The number of nitrogens with one attached hydrogen (secondary N) is 1. The molecule has 1 heterocycles. The van der Waals surface area contributed by atoms with Gasteiger partial charge in [-0.1, -0.05) is 0 Å². The zero-order valence-electron chi connectivity index (χ0n) is 10.5. The van der Waals surface area contributed by atoms with Crippen molar-refractivity contribution in [2.45, 2.75) is 12.8 Å². The standard InChI is InChI=1S/C12H10F3N3O3/c13-12(14,15)8-3-1-7(2-4-8)10-17-9(5-20-10)6-21-18-11(16)19/h1-5H,6H2,(H3,16,18,19). The summed E-state index contributed by atoms with van der Waals surface area (Å²) in [6.07, 6.45) is -3.13. The third kappa shape index (κ3) is 3.96. The molecule has 0 aliphatic heterocycles. The molecular weight excluding hydrogens is 291 g/mol. The number of rotatable bonds is 4. The topological polar surface area (TPSA) is 90.4 Å². The molecule has 0 saturated heterocycles. The molecule has 0 unspecified atom stereocenters. The van der Waals surface area contributed by atoms with E-state index in [4.69, 9.17) is 15.0 Å². The second kappa shape index (κ2) is 5.83. The van der Waals surface area contributed by atoms with Crippen LogP contribution in [0.4, 0.5) is 18.0 Å². The molecule has 0 atom stereocenters. The highest BCUT2D eigenvalue weighted by Crippen LogP contribution is 2.30. The van der Waals surface area contributed by atoms with E-state index >= 15 is 0 Å². The molecule has 0 aliphatic carbocycles. The van der Waals surface area contributed by atoms with Crippen LogP contribution in [0.1, 0.15) is 11.3 Å². The molecule has 0 aliphatic rings. The van der Waals surface area contributed by atoms with Gasteiger partial charge in [-0.05, 0) is 24.3 Å². The Hall–Kier alpha value is -2.55. The van der Waals surface area contributed by atoms with Crippen molar-refractivity contribution in [2.24, 2.45) is 5.73 Å². The minimum absolute atomic E-state index is 0.0902. The summed E-state index contributed by atoms with van der Waals surface area (Å²) in [6.45, 7) is -0.0902. The smallest absolute Gasteiger partial charge is 0.416 e. The molecule has 3 N–H and O–H groups in total. The Kier molecular flexibility index (Phi) is 4.13. The molecule has 2 aromatic rings. The largest absolute Gasteiger partial charge is 0.444 e. The summed E-state index contributed by atoms with van der Waals surface area (Å²) in [5.41, 5.74) is 6.67. The maximum absolute atomic E-state index is 12.4. The van der Waals surface area contributed by atoms with Gasteiger partial charge in [0.1, 0.15) is 18.6 Å². The summed E-state index contributed by atoms with van der Waals surface area (Å²) in [7, 11) is 0. The lowest BCUT2D eigenvalue weighted by atomic mass is 10.1. The maximum atomic E-state index is 12.4. The number of hydrogen-bond acceptors (Lipinski definition) is 4. The Balaban J connectivity index is 2.05. The summed E-state index contributed by atoms with van der Waals surface area (Å²) >= 11 is 0. The molecule has 9 heteroatoms. The number of carbonyl (C=O) groups excluding carboxylic acids is 1. The number of primary amides is 1. The van der Waals surface area contributed by atoms with Crippen LogP contribution in [0.3, 0.4) is 0 Å². The summed E-state index contributed by atoms with van der Waals surface area (Å²) in [6, 6.07) is 3.51. The number of oxazole rings is 1. The van der Waals surface area contributed by atoms with Crippen LogP contribution in [-0.4, -0.2) is 11.0 Å². The van der Waals surface area contributed by atoms with Crippen LogP contribution in [-0.2, 0) is 17.6 Å². The molecule has 6 nitrogen and oxygen atoms in total. The van der Waals surface area contributed by atoms with Gasteiger partial charge in [0, 0.05) is 5.56 Å². The number of carbonyl (C=O) groups is 1. The number of hydrogen-bond donors (Lipinski definition) is 2. The highest BCUT2D eigenvalue weighted by atomic mass is 19.4. The summed E-state index contributed by atoms with van der Waals surface area (Å²) in [5, 5.41) is 0. The zero-order valence-corrected chi connectivity index (χ0v) is 10.5. The number of urea groups is 1. The lowest BCUT2D eigenvalue weighted by Gasteiger charge is -2.06. The zero-order chi connectivity index (χ0) is 15.5. The summed E-state index contributed by atoms with van der Waals surface area (Å²) < 4.78 is 42.4. The normalized spacial score (nSPS) is 11.4. The van der Waals surface area contributed by atoms with Gasteiger partial charge < -0.3 is 10.2 Å². The van der Waals surface area contributed by atoms with Crippen molar-refractivity contribution in [3.8, 4) is 11.5 Å². The third-order valence-electron chi connectivity index (χ3n) is 2.40. The van der Waals surface area contributed by atoms with E-state index in [0.717, 1.165) is 12.1 Å². The Bertz CT molecular complexity index is 623. The minimum Gasteiger partial charge on any atom is -0.444 e. The SMILES string of the molecule is NC(=O)NOCc1coc(-c2ccc(C(F)(F)F)cc2)n1. The molecular formula is C12H10F3N3O3. The fraction of sp³-hybridized carbons (Fsp3) is 0.167. The van der Waals surface area contributed by atoms with Gasteiger partial charge in [0.05, 0.1) is 5.56 Å². The third-order valence-corrected chi connectivity index (χ3v) is 2.40. The first-order chi connectivity index (χ1) is 9.86. The van der Waals surface area contributed by atoms with Crippen molar-refractivity contribution in [2.75, 3.05) is 0 Å². The Labute approximate surface area is 116 Å². The lowest BCUT2D eigenvalue weighted by molar-refractivity contribution is -0.137. The fourth-order valence-corrected chi connectivity index (χ4v) is 1.49. The van der Waals surface area contributed by atoms with E-state index in [2.05, 4.69) is 4.98 Å². The first-order valence-electron chi connectivity index (χ1n) is 5.65. The van der Waals surface area contributed by atoms with E-state index in [0.29, 0.717) is 11.3 Å². The number of hydroxylamine groups is 1. The molecule has 2 rings (SSSR count). The van der Waals surface area contributed by atoms with Crippen molar-refractivity contribution >= 4 is 6.03 Å². The van der Waals surface area contributed by atoms with Gasteiger partial charge in [0.15, 0.2) is 0 Å². The number of halogens is 3. The van der Waals surface area contributed by atoms with Gasteiger partial charge in [-0.3, -0.25) is 4.84 Å². The molecule has 0 fully saturated rings. The summed E-state index contributed by atoms with van der Waals surface area (Å²) in [4.78, 5) is 19.1. The lowest BCUT2D eigenvalue weighted by Crippen LogP contribution is -2.29. The fourth-order valence-electron chi connectivity index (χ4n) is 1.49. The average Bonchev–Trinajstić information content (AvgIpc) is 2.86. The number of nitrogens with zero attached hydrogens (tertiary/aromatic N) is 1. The number of amides is 2. The first kappa shape index (κ1) is 14.9. The molecule has 0 bridgehead atoms. The van der Waals surface area contributed by atoms with E-state index in [1.807, 2.05) is 5.48 Å². The predicted molar refractivity (Wildman–Crippen MR) is 64.4 cm³/mol. The molecule has 0 spiro atoms. The second-order valence-electron chi connectivity index (χ2n) is 3.97. The van der Waals surface area contributed by atoms with Gasteiger partial charge in [0.2, 0.25) is 5.89 Å². The Morgan fingerprint density at radius 3 is 2.57 bits per heavy atom. The van der Waals surface area contributed by atoms with E-state index < -0.39 is 17.8 Å². The van der Waals surface area contributed by atoms with Crippen LogP contribution in [0.5, 0.6) is 0 Å². The maximum Gasteiger partial charge on any atom is 0.416 e. The number of nitrogens with two attached hydrogens (primary N) is 1. The van der Waals surface area contributed by atoms with Crippen LogP contribution in [0.25, 0.3) is 11.5 Å². The quantitative estimate of drug-likeness (QED) is 0.849. The van der Waals surface area contributed by atoms with Crippen LogP contribution in [0.15, 0.2) is 34.9 Å². The molecule has 1 aromatic carbocycles. The van der Waals surface area contributed by atoms with Gasteiger partial charge in [-0.25, -0.2) is 15.3 Å². The van der Waals surface area contributed by atoms with E-state index in [9.17, 15) is 18.0 Å². The predicted octanol–water partition coefficient (Wildman–Crippen LogP) is 2.46. The van der Waals surface area contributed by atoms with Crippen molar-refractivity contribution < 1.29 is 27.2 Å². The molecule has 21 heavy (non-hydrogen) atoms. The number of benzene rings is 1. The van der Waals surface area contributed by atoms with Gasteiger partial charge in [-0.15, -0.1) is 0 Å². The van der Waals surface area contributed by atoms with Crippen LogP contribution < -0.4 is 11.2 Å². The summed E-state index contributed by atoms with van der Waals surface area (Å²) in [5.74, 6) is 0.140. The van der Waals surface area contributed by atoms with Crippen molar-refractivity contribution in [3.63, 3.8) is 0 Å². The number of alkyl halides is 3. The van der Waals surface area contributed by atoms with Gasteiger partial charge >= 0.3 is 12.2 Å². The highest BCUT2D eigenvalue weighted by molar-refractivity contribution is 5.70. The van der Waals surface area contributed by atoms with Crippen molar-refractivity contribution in [1.29, 1.82) is 0 Å².